The first kappa shape index (κ1) is 13.2. The third-order valence-corrected chi connectivity index (χ3v) is 2.73. The Morgan fingerprint density at radius 1 is 1.47 bits per heavy atom. The van der Waals surface area contributed by atoms with Gasteiger partial charge in [-0.15, -0.1) is 0 Å². The van der Waals surface area contributed by atoms with Crippen LogP contribution in [-0.2, 0) is 11.8 Å². The Hall–Kier alpha value is -1.85. The van der Waals surface area contributed by atoms with E-state index in [1.807, 2.05) is 0 Å². The summed E-state index contributed by atoms with van der Waals surface area (Å²) in [6.07, 6.45) is 0. The van der Waals surface area contributed by atoms with E-state index in [0.29, 0.717) is 11.3 Å². The van der Waals surface area contributed by atoms with Gasteiger partial charge in [0.05, 0.1) is 17.2 Å². The van der Waals surface area contributed by atoms with Crippen LogP contribution >= 0.6 is 0 Å². The monoisotopic (exact) mass is 239 g/mol. The Balaban J connectivity index is 2.74. The van der Waals surface area contributed by atoms with E-state index >= 15 is 0 Å². The average Bonchev–Trinajstić information content (AvgIpc) is 2.49. The van der Waals surface area contributed by atoms with Crippen molar-refractivity contribution < 1.29 is 14.7 Å². The van der Waals surface area contributed by atoms with Crippen molar-refractivity contribution in [2.45, 2.75) is 20.8 Å². The van der Waals surface area contributed by atoms with E-state index in [9.17, 15) is 9.59 Å². The van der Waals surface area contributed by atoms with Crippen LogP contribution in [0.2, 0.25) is 0 Å². The minimum atomic E-state index is -0.926. The van der Waals surface area contributed by atoms with Crippen molar-refractivity contribution in [3.05, 3.63) is 17.0 Å². The van der Waals surface area contributed by atoms with Crippen molar-refractivity contribution in [1.29, 1.82) is 0 Å². The maximum absolute atomic E-state index is 11.9. The van der Waals surface area contributed by atoms with Gasteiger partial charge in [0.15, 0.2) is 0 Å². The highest BCUT2D eigenvalue weighted by Crippen LogP contribution is 2.11. The molecule has 0 aromatic carbocycles. The molecule has 94 valence electrons. The zero-order chi connectivity index (χ0) is 13.2. The number of carbonyl (C=O) groups excluding carboxylic acids is 1. The Bertz CT molecular complexity index is 451. The molecule has 0 aliphatic heterocycles. The summed E-state index contributed by atoms with van der Waals surface area (Å²) in [5, 5.41) is 15.4. The molecule has 6 nitrogen and oxygen atoms in total. The topological polar surface area (TPSA) is 84.2 Å². The molecule has 1 rings (SSSR count). The summed E-state index contributed by atoms with van der Waals surface area (Å²) in [5.41, 5.74) is 1.93. The number of hydrogen-bond acceptors (Lipinski definition) is 3. The zero-order valence-corrected chi connectivity index (χ0v) is 10.4. The van der Waals surface area contributed by atoms with Crippen LogP contribution in [0.25, 0.3) is 0 Å². The predicted molar refractivity (Wildman–Crippen MR) is 61.8 cm³/mol. The van der Waals surface area contributed by atoms with E-state index in [1.54, 1.807) is 32.5 Å². The summed E-state index contributed by atoms with van der Waals surface area (Å²) in [6, 6.07) is 0. The van der Waals surface area contributed by atoms with E-state index < -0.39 is 11.9 Å². The number of nitrogens with zero attached hydrogens (tertiary/aromatic N) is 2. The summed E-state index contributed by atoms with van der Waals surface area (Å²) >= 11 is 0. The lowest BCUT2D eigenvalue weighted by atomic mass is 10.1. The summed E-state index contributed by atoms with van der Waals surface area (Å²) in [6.45, 7) is 5.21. The summed E-state index contributed by atoms with van der Waals surface area (Å²) in [4.78, 5) is 22.5. The average molecular weight is 239 g/mol. The zero-order valence-electron chi connectivity index (χ0n) is 10.4. The molecule has 0 aliphatic rings. The van der Waals surface area contributed by atoms with Crippen LogP contribution < -0.4 is 5.32 Å². The van der Waals surface area contributed by atoms with E-state index in [1.165, 1.54) is 0 Å². The first-order valence-electron chi connectivity index (χ1n) is 5.35. The van der Waals surface area contributed by atoms with Gasteiger partial charge in [0.1, 0.15) is 0 Å². The molecule has 1 heterocycles. The van der Waals surface area contributed by atoms with Crippen LogP contribution in [0, 0.1) is 19.8 Å². The first-order chi connectivity index (χ1) is 7.84. The fourth-order valence-corrected chi connectivity index (χ4v) is 1.52. The second kappa shape index (κ2) is 4.99. The normalized spacial score (nSPS) is 12.2. The summed E-state index contributed by atoms with van der Waals surface area (Å²) < 4.78 is 1.63. The molecule has 2 N–H and O–H groups in total. The summed E-state index contributed by atoms with van der Waals surface area (Å²) in [7, 11) is 1.76. The van der Waals surface area contributed by atoms with Crippen LogP contribution in [0.5, 0.6) is 0 Å². The molecule has 0 spiro atoms. The third-order valence-electron chi connectivity index (χ3n) is 2.73. The van der Waals surface area contributed by atoms with Crippen LogP contribution in [-0.4, -0.2) is 33.3 Å². The number of amides is 1. The van der Waals surface area contributed by atoms with Gasteiger partial charge in [-0.1, -0.05) is 6.92 Å². The Morgan fingerprint density at radius 2 is 2.06 bits per heavy atom. The predicted octanol–water partition coefficient (Wildman–Crippen LogP) is 0.487. The first-order valence-corrected chi connectivity index (χ1v) is 5.35. The van der Waals surface area contributed by atoms with Gasteiger partial charge in [-0.2, -0.15) is 5.10 Å². The lowest BCUT2D eigenvalue weighted by molar-refractivity contribution is -0.140. The van der Waals surface area contributed by atoms with E-state index in [0.717, 1.165) is 5.69 Å². The molecule has 17 heavy (non-hydrogen) atoms. The highest BCUT2D eigenvalue weighted by Gasteiger charge is 2.19. The van der Waals surface area contributed by atoms with Gasteiger partial charge in [0, 0.05) is 19.3 Å². The largest absolute Gasteiger partial charge is 0.481 e. The Morgan fingerprint density at radius 3 is 2.47 bits per heavy atom. The number of rotatable bonds is 4. The molecule has 1 aromatic heterocycles. The van der Waals surface area contributed by atoms with Crippen LogP contribution in [0.1, 0.15) is 28.7 Å². The standard InChI is InChI=1S/C11H17N3O3/c1-6(11(16)17)5-12-10(15)9-7(2)13-14(4)8(9)3/h6H,5H2,1-4H3,(H,12,15)(H,16,17). The van der Waals surface area contributed by atoms with Crippen molar-refractivity contribution in [2.24, 2.45) is 13.0 Å². The maximum atomic E-state index is 11.9. The minimum absolute atomic E-state index is 0.113. The van der Waals surface area contributed by atoms with Crippen molar-refractivity contribution in [1.82, 2.24) is 15.1 Å². The molecule has 0 saturated heterocycles. The highest BCUT2D eigenvalue weighted by molar-refractivity contribution is 5.96. The molecule has 1 atom stereocenters. The molecular formula is C11H17N3O3. The van der Waals surface area contributed by atoms with Gasteiger partial charge in [0.2, 0.25) is 0 Å². The molecule has 1 unspecified atom stereocenters. The lowest BCUT2D eigenvalue weighted by Crippen LogP contribution is -2.32. The second-order valence-electron chi connectivity index (χ2n) is 4.12. The van der Waals surface area contributed by atoms with Crippen molar-refractivity contribution in [3.8, 4) is 0 Å². The maximum Gasteiger partial charge on any atom is 0.308 e. The van der Waals surface area contributed by atoms with Crippen LogP contribution in [0.4, 0.5) is 0 Å². The third kappa shape index (κ3) is 2.83. The number of aliphatic carboxylic acids is 1. The summed E-state index contributed by atoms with van der Waals surface area (Å²) in [5.74, 6) is -1.80. The number of aryl methyl sites for hydroxylation is 2. The van der Waals surface area contributed by atoms with Gasteiger partial charge in [-0.05, 0) is 13.8 Å². The number of aromatic nitrogens is 2. The van der Waals surface area contributed by atoms with Crippen LogP contribution in [0.3, 0.4) is 0 Å². The minimum Gasteiger partial charge on any atom is -0.481 e. The number of carboxylic acids is 1. The van der Waals surface area contributed by atoms with Gasteiger partial charge in [-0.3, -0.25) is 14.3 Å². The second-order valence-corrected chi connectivity index (χ2v) is 4.12. The fourth-order valence-electron chi connectivity index (χ4n) is 1.52. The molecule has 0 fully saturated rings. The Labute approximate surface area is 99.6 Å². The lowest BCUT2D eigenvalue weighted by Gasteiger charge is -2.08. The highest BCUT2D eigenvalue weighted by atomic mass is 16.4. The Kier molecular flexibility index (Phi) is 3.88. The van der Waals surface area contributed by atoms with Crippen molar-refractivity contribution >= 4 is 11.9 Å². The molecular weight excluding hydrogens is 222 g/mol. The van der Waals surface area contributed by atoms with E-state index in [4.69, 9.17) is 5.11 Å². The molecule has 0 radical (unpaired) electrons. The van der Waals surface area contributed by atoms with Crippen molar-refractivity contribution in [3.63, 3.8) is 0 Å². The molecule has 1 amide bonds. The quantitative estimate of drug-likeness (QED) is 0.800. The number of carboxylic acid groups (broad SMARTS) is 1. The van der Waals surface area contributed by atoms with E-state index in [2.05, 4.69) is 10.4 Å². The van der Waals surface area contributed by atoms with E-state index in [-0.39, 0.29) is 12.5 Å². The number of hydrogen-bond donors (Lipinski definition) is 2. The number of carbonyl (C=O) groups is 2. The van der Waals surface area contributed by atoms with Gasteiger partial charge in [0.25, 0.3) is 5.91 Å². The van der Waals surface area contributed by atoms with Gasteiger partial charge in [-0.25, -0.2) is 0 Å². The van der Waals surface area contributed by atoms with Crippen LogP contribution in [0.15, 0.2) is 0 Å². The van der Waals surface area contributed by atoms with Gasteiger partial charge >= 0.3 is 5.97 Å². The fraction of sp³-hybridized carbons (Fsp3) is 0.545. The van der Waals surface area contributed by atoms with Gasteiger partial charge < -0.3 is 10.4 Å². The molecule has 0 saturated carbocycles. The molecule has 0 bridgehead atoms. The number of nitrogens with one attached hydrogen (secondary N) is 1. The molecule has 0 aliphatic carbocycles. The smallest absolute Gasteiger partial charge is 0.308 e. The van der Waals surface area contributed by atoms with Crippen molar-refractivity contribution in [2.75, 3.05) is 6.54 Å². The molecule has 6 heteroatoms. The SMILES string of the molecule is Cc1nn(C)c(C)c1C(=O)NCC(C)C(=O)O. The molecule has 1 aromatic rings.